The quantitative estimate of drug-likeness (QED) is 0.802. The summed E-state index contributed by atoms with van der Waals surface area (Å²) in [7, 11) is 0. The molecule has 0 fully saturated rings. The molecule has 0 aromatic carbocycles. The molecule has 0 bridgehead atoms. The van der Waals surface area contributed by atoms with Crippen LogP contribution in [0.5, 0.6) is 0 Å². The Labute approximate surface area is 120 Å². The van der Waals surface area contributed by atoms with Gasteiger partial charge in [-0.25, -0.2) is 9.97 Å². The van der Waals surface area contributed by atoms with E-state index in [0.717, 1.165) is 12.8 Å². The van der Waals surface area contributed by atoms with Crippen LogP contribution >= 0.6 is 0 Å². The highest BCUT2D eigenvalue weighted by molar-refractivity contribution is 5.94. The minimum Gasteiger partial charge on any atom is -0.388 e. The van der Waals surface area contributed by atoms with Crippen LogP contribution in [0.2, 0.25) is 0 Å². The van der Waals surface area contributed by atoms with Crippen molar-refractivity contribution < 1.29 is 9.90 Å². The van der Waals surface area contributed by atoms with Gasteiger partial charge in [0.2, 0.25) is 0 Å². The van der Waals surface area contributed by atoms with Gasteiger partial charge in [0, 0.05) is 12.7 Å². The van der Waals surface area contributed by atoms with E-state index in [4.69, 9.17) is 0 Å². The predicted molar refractivity (Wildman–Crippen MR) is 78.6 cm³/mol. The number of carbonyl (C=O) groups excluding carboxylic acids is 1. The fourth-order valence-corrected chi connectivity index (χ4v) is 2.38. The van der Waals surface area contributed by atoms with Gasteiger partial charge < -0.3 is 10.4 Å². The lowest BCUT2D eigenvalue weighted by Crippen LogP contribution is -2.43. The third-order valence-electron chi connectivity index (χ3n) is 3.35. The van der Waals surface area contributed by atoms with Crippen LogP contribution in [0.3, 0.4) is 0 Å². The lowest BCUT2D eigenvalue weighted by molar-refractivity contribution is 0.0213. The number of hydrogen-bond acceptors (Lipinski definition) is 4. The molecule has 112 valence electrons. The monoisotopic (exact) mass is 279 g/mol. The summed E-state index contributed by atoms with van der Waals surface area (Å²) in [5.41, 5.74) is 0.300. The van der Waals surface area contributed by atoms with Crippen LogP contribution in [-0.2, 0) is 0 Å². The van der Waals surface area contributed by atoms with Crippen molar-refractivity contribution in [3.05, 3.63) is 23.3 Å². The van der Waals surface area contributed by atoms with Crippen molar-refractivity contribution in [2.24, 2.45) is 0 Å². The highest BCUT2D eigenvalue weighted by Gasteiger charge is 2.26. The molecule has 2 N–H and O–H groups in total. The largest absolute Gasteiger partial charge is 0.388 e. The smallest absolute Gasteiger partial charge is 0.254 e. The third-order valence-corrected chi connectivity index (χ3v) is 3.35. The first kappa shape index (κ1) is 16.6. The zero-order valence-corrected chi connectivity index (χ0v) is 12.9. The number of aromatic nitrogens is 2. The van der Waals surface area contributed by atoms with Gasteiger partial charge in [0.15, 0.2) is 0 Å². The van der Waals surface area contributed by atoms with E-state index in [9.17, 15) is 9.90 Å². The molecule has 0 saturated heterocycles. The highest BCUT2D eigenvalue weighted by atomic mass is 16.3. The number of nitrogens with zero attached hydrogens (tertiary/aromatic N) is 2. The Kier molecular flexibility index (Phi) is 6.07. The molecule has 5 nitrogen and oxygen atoms in total. The van der Waals surface area contributed by atoms with Gasteiger partial charge in [-0.2, -0.15) is 0 Å². The molecule has 1 aromatic rings. The molecule has 0 saturated carbocycles. The summed E-state index contributed by atoms with van der Waals surface area (Å²) >= 11 is 0. The van der Waals surface area contributed by atoms with Crippen molar-refractivity contribution >= 4 is 5.91 Å². The lowest BCUT2D eigenvalue weighted by Gasteiger charge is -2.27. The number of nitrogens with one attached hydrogen (secondary N) is 1. The summed E-state index contributed by atoms with van der Waals surface area (Å²) in [6.07, 6.45) is 4.68. The van der Waals surface area contributed by atoms with E-state index < -0.39 is 5.60 Å². The first-order valence-corrected chi connectivity index (χ1v) is 7.22. The summed E-state index contributed by atoms with van der Waals surface area (Å²) in [4.78, 5) is 20.4. The molecule has 1 aromatic heterocycles. The maximum Gasteiger partial charge on any atom is 0.254 e. The van der Waals surface area contributed by atoms with E-state index in [2.05, 4.69) is 15.3 Å². The average Bonchev–Trinajstić information content (AvgIpc) is 2.37. The summed E-state index contributed by atoms with van der Waals surface area (Å²) in [6, 6.07) is 0. The van der Waals surface area contributed by atoms with E-state index in [0.29, 0.717) is 29.9 Å². The van der Waals surface area contributed by atoms with Crippen LogP contribution in [0.25, 0.3) is 0 Å². The second-order valence-corrected chi connectivity index (χ2v) is 5.32. The maximum absolute atomic E-state index is 12.1. The Balaban J connectivity index is 2.70. The average molecular weight is 279 g/mol. The van der Waals surface area contributed by atoms with Crippen molar-refractivity contribution in [1.29, 1.82) is 0 Å². The molecule has 1 amide bonds. The lowest BCUT2D eigenvalue weighted by atomic mass is 9.92. The second kappa shape index (κ2) is 7.33. The molecule has 0 spiro atoms. The van der Waals surface area contributed by atoms with Crippen LogP contribution < -0.4 is 5.32 Å². The zero-order valence-electron chi connectivity index (χ0n) is 12.9. The standard InChI is InChI=1S/C15H25N3O2/c1-5-7-15(20,8-6-2)10-17-14(19)13-9-16-12(4)18-11(13)3/h9,20H,5-8,10H2,1-4H3,(H,17,19). The zero-order chi connectivity index (χ0) is 15.2. The fraction of sp³-hybridized carbons (Fsp3) is 0.667. The fourth-order valence-electron chi connectivity index (χ4n) is 2.38. The molecule has 1 heterocycles. The first-order chi connectivity index (χ1) is 9.41. The summed E-state index contributed by atoms with van der Waals surface area (Å²) in [5, 5.41) is 13.3. The van der Waals surface area contributed by atoms with Crippen molar-refractivity contribution in [2.75, 3.05) is 6.54 Å². The number of carbonyl (C=O) groups is 1. The normalized spacial score (nSPS) is 11.4. The highest BCUT2D eigenvalue weighted by Crippen LogP contribution is 2.18. The topological polar surface area (TPSA) is 75.1 Å². The molecular weight excluding hydrogens is 254 g/mol. The van der Waals surface area contributed by atoms with Gasteiger partial charge in [0.1, 0.15) is 5.82 Å². The SMILES string of the molecule is CCCC(O)(CCC)CNC(=O)c1cnc(C)nc1C. The van der Waals surface area contributed by atoms with Crippen LogP contribution in [0.15, 0.2) is 6.20 Å². The van der Waals surface area contributed by atoms with Crippen molar-refractivity contribution in [2.45, 2.75) is 59.0 Å². The molecule has 0 radical (unpaired) electrons. The van der Waals surface area contributed by atoms with Gasteiger partial charge in [-0.1, -0.05) is 26.7 Å². The number of hydrogen-bond donors (Lipinski definition) is 2. The number of aryl methyl sites for hydroxylation is 2. The van der Waals surface area contributed by atoms with E-state index in [1.54, 1.807) is 13.8 Å². The number of aliphatic hydroxyl groups is 1. The van der Waals surface area contributed by atoms with Gasteiger partial charge in [-0.3, -0.25) is 4.79 Å². The molecule has 20 heavy (non-hydrogen) atoms. The van der Waals surface area contributed by atoms with E-state index in [1.165, 1.54) is 6.20 Å². The molecule has 0 unspecified atom stereocenters. The second-order valence-electron chi connectivity index (χ2n) is 5.32. The van der Waals surface area contributed by atoms with E-state index >= 15 is 0 Å². The van der Waals surface area contributed by atoms with Crippen molar-refractivity contribution in [3.63, 3.8) is 0 Å². The molecule has 0 aliphatic heterocycles. The molecule has 5 heteroatoms. The summed E-state index contributed by atoms with van der Waals surface area (Å²) in [5.74, 6) is 0.417. The molecule has 0 aliphatic carbocycles. The maximum atomic E-state index is 12.1. The Morgan fingerprint density at radius 1 is 1.30 bits per heavy atom. The van der Waals surface area contributed by atoms with Gasteiger partial charge in [0.25, 0.3) is 5.91 Å². The Bertz CT molecular complexity index is 454. The summed E-state index contributed by atoms with van der Waals surface area (Å²) in [6.45, 7) is 7.89. The molecule has 1 rings (SSSR count). The number of rotatable bonds is 7. The Morgan fingerprint density at radius 2 is 1.90 bits per heavy atom. The van der Waals surface area contributed by atoms with Gasteiger partial charge in [-0.15, -0.1) is 0 Å². The van der Waals surface area contributed by atoms with Crippen LogP contribution in [0, 0.1) is 13.8 Å². The van der Waals surface area contributed by atoms with Crippen LogP contribution in [-0.4, -0.2) is 33.1 Å². The molecule has 0 atom stereocenters. The number of amides is 1. The predicted octanol–water partition coefficient (Wildman–Crippen LogP) is 2.15. The van der Waals surface area contributed by atoms with E-state index in [-0.39, 0.29) is 12.5 Å². The van der Waals surface area contributed by atoms with Crippen molar-refractivity contribution in [3.8, 4) is 0 Å². The van der Waals surface area contributed by atoms with Crippen LogP contribution in [0.1, 0.15) is 61.4 Å². The minimum atomic E-state index is -0.821. The first-order valence-electron chi connectivity index (χ1n) is 7.22. The van der Waals surface area contributed by atoms with Gasteiger partial charge in [0.05, 0.1) is 16.9 Å². The summed E-state index contributed by atoms with van der Waals surface area (Å²) < 4.78 is 0. The van der Waals surface area contributed by atoms with Gasteiger partial charge in [-0.05, 0) is 26.7 Å². The minimum absolute atomic E-state index is 0.229. The van der Waals surface area contributed by atoms with E-state index in [1.807, 2.05) is 13.8 Å². The van der Waals surface area contributed by atoms with Crippen molar-refractivity contribution in [1.82, 2.24) is 15.3 Å². The van der Waals surface area contributed by atoms with Gasteiger partial charge >= 0.3 is 0 Å². The Hall–Kier alpha value is -1.49. The third kappa shape index (κ3) is 4.56. The Morgan fingerprint density at radius 3 is 2.40 bits per heavy atom. The molecular formula is C15H25N3O2. The molecule has 0 aliphatic rings. The van der Waals surface area contributed by atoms with Crippen LogP contribution in [0.4, 0.5) is 0 Å².